The Morgan fingerprint density at radius 1 is 1.44 bits per heavy atom. The third kappa shape index (κ3) is 2.45. The summed E-state index contributed by atoms with van der Waals surface area (Å²) in [7, 11) is 0. The number of carbonyl (C=O) groups is 2. The van der Waals surface area contributed by atoms with Crippen LogP contribution >= 0.6 is 0 Å². The molecule has 5 heteroatoms. The monoisotopic (exact) mass is 250 g/mol. The van der Waals surface area contributed by atoms with Crippen molar-refractivity contribution in [2.45, 2.75) is 19.4 Å². The molecule has 18 heavy (non-hydrogen) atoms. The van der Waals surface area contributed by atoms with Gasteiger partial charge in [0.25, 0.3) is 0 Å². The maximum atomic E-state index is 11.2. The Morgan fingerprint density at radius 3 is 2.67 bits per heavy atom. The van der Waals surface area contributed by atoms with Gasteiger partial charge in [0.05, 0.1) is 13.0 Å². The number of carboxylic acids is 1. The smallest absolute Gasteiger partial charge is 0.311 e. The van der Waals surface area contributed by atoms with E-state index in [0.29, 0.717) is 17.9 Å². The van der Waals surface area contributed by atoms with Crippen molar-refractivity contribution in [2.24, 2.45) is 5.92 Å². The zero-order valence-corrected chi connectivity index (χ0v) is 9.96. The molecule has 1 aromatic rings. The second-order valence-electron chi connectivity index (χ2n) is 4.06. The summed E-state index contributed by atoms with van der Waals surface area (Å²) in [6.07, 6.45) is -0.779. The molecule has 0 unspecified atom stereocenters. The first-order chi connectivity index (χ1) is 8.61. The highest BCUT2D eigenvalue weighted by Gasteiger charge is 2.40. The molecule has 0 aliphatic carbocycles. The van der Waals surface area contributed by atoms with Crippen molar-refractivity contribution in [2.75, 3.05) is 6.61 Å². The first-order valence-corrected chi connectivity index (χ1v) is 5.77. The standard InChI is InChI=1S/C13H14O5/c1-2-17-9-5-3-8(4-6-9)12-10(13(15)16)7-11(14)18-12/h3-6,10,12H,2,7H2,1H3,(H,15,16)/t10-,12-/m1/s1. The molecule has 1 aromatic carbocycles. The highest BCUT2D eigenvalue weighted by Crippen LogP contribution is 2.36. The van der Waals surface area contributed by atoms with Crippen molar-refractivity contribution in [3.8, 4) is 5.75 Å². The van der Waals surface area contributed by atoms with E-state index in [1.807, 2.05) is 6.92 Å². The molecule has 0 spiro atoms. The van der Waals surface area contributed by atoms with Gasteiger partial charge in [0.1, 0.15) is 17.8 Å². The topological polar surface area (TPSA) is 72.8 Å². The number of carbonyl (C=O) groups excluding carboxylic acids is 1. The van der Waals surface area contributed by atoms with Gasteiger partial charge in [-0.1, -0.05) is 12.1 Å². The fourth-order valence-corrected chi connectivity index (χ4v) is 2.00. The number of rotatable bonds is 4. The Labute approximate surface area is 104 Å². The lowest BCUT2D eigenvalue weighted by Gasteiger charge is -2.14. The Kier molecular flexibility index (Phi) is 3.50. The summed E-state index contributed by atoms with van der Waals surface area (Å²) >= 11 is 0. The van der Waals surface area contributed by atoms with Crippen LogP contribution in [0.25, 0.3) is 0 Å². The van der Waals surface area contributed by atoms with Gasteiger partial charge in [-0.2, -0.15) is 0 Å². The van der Waals surface area contributed by atoms with Gasteiger partial charge in [-0.15, -0.1) is 0 Å². The second kappa shape index (κ2) is 5.08. The fourth-order valence-electron chi connectivity index (χ4n) is 2.00. The second-order valence-corrected chi connectivity index (χ2v) is 4.06. The molecule has 1 saturated heterocycles. The number of ether oxygens (including phenoxy) is 2. The summed E-state index contributed by atoms with van der Waals surface area (Å²) in [5, 5.41) is 9.04. The molecular formula is C13H14O5. The number of aliphatic carboxylic acids is 1. The lowest BCUT2D eigenvalue weighted by atomic mass is 9.95. The van der Waals surface area contributed by atoms with Gasteiger partial charge in [0.2, 0.25) is 0 Å². The van der Waals surface area contributed by atoms with Gasteiger partial charge in [-0.3, -0.25) is 9.59 Å². The summed E-state index contributed by atoms with van der Waals surface area (Å²) in [6, 6.07) is 6.93. The first kappa shape index (κ1) is 12.4. The van der Waals surface area contributed by atoms with Gasteiger partial charge < -0.3 is 14.6 Å². The maximum absolute atomic E-state index is 11.2. The Bertz CT molecular complexity index is 451. The van der Waals surface area contributed by atoms with Gasteiger partial charge in [-0.05, 0) is 24.6 Å². The van der Waals surface area contributed by atoms with Crippen LogP contribution < -0.4 is 4.74 Å². The Morgan fingerprint density at radius 2 is 2.11 bits per heavy atom. The molecule has 1 fully saturated rings. The number of hydrogen-bond acceptors (Lipinski definition) is 4. The zero-order valence-electron chi connectivity index (χ0n) is 9.96. The summed E-state index contributed by atoms with van der Waals surface area (Å²) in [5.41, 5.74) is 0.678. The molecule has 1 N–H and O–H groups in total. The first-order valence-electron chi connectivity index (χ1n) is 5.77. The normalized spacial score (nSPS) is 22.6. The van der Waals surface area contributed by atoms with E-state index in [1.165, 1.54) is 0 Å². The molecule has 0 aromatic heterocycles. The van der Waals surface area contributed by atoms with Crippen LogP contribution in [-0.2, 0) is 14.3 Å². The van der Waals surface area contributed by atoms with E-state index >= 15 is 0 Å². The molecule has 1 heterocycles. The van der Waals surface area contributed by atoms with Crippen molar-refractivity contribution < 1.29 is 24.2 Å². The highest BCUT2D eigenvalue weighted by molar-refractivity contribution is 5.82. The minimum Gasteiger partial charge on any atom is -0.494 e. The van der Waals surface area contributed by atoms with E-state index in [2.05, 4.69) is 0 Å². The molecular weight excluding hydrogens is 236 g/mol. The Hall–Kier alpha value is -2.04. The van der Waals surface area contributed by atoms with E-state index in [4.69, 9.17) is 14.6 Å². The molecule has 2 rings (SSSR count). The Balaban J connectivity index is 2.19. The van der Waals surface area contributed by atoms with Crippen LogP contribution in [-0.4, -0.2) is 23.7 Å². The van der Waals surface area contributed by atoms with Crippen LogP contribution in [0.2, 0.25) is 0 Å². The van der Waals surface area contributed by atoms with E-state index in [0.717, 1.165) is 0 Å². The average molecular weight is 250 g/mol. The molecule has 0 bridgehead atoms. The summed E-state index contributed by atoms with van der Waals surface area (Å²) < 4.78 is 10.4. The predicted octanol–water partition coefficient (Wildman–Crippen LogP) is 1.77. The molecule has 0 radical (unpaired) electrons. The number of esters is 1. The molecule has 0 amide bonds. The van der Waals surface area contributed by atoms with Crippen molar-refractivity contribution in [3.63, 3.8) is 0 Å². The van der Waals surface area contributed by atoms with E-state index in [-0.39, 0.29) is 6.42 Å². The largest absolute Gasteiger partial charge is 0.494 e. The van der Waals surface area contributed by atoms with Crippen LogP contribution in [0.3, 0.4) is 0 Å². The summed E-state index contributed by atoms with van der Waals surface area (Å²) in [6.45, 7) is 2.45. The average Bonchev–Trinajstić information content (AvgIpc) is 2.73. The van der Waals surface area contributed by atoms with Crippen LogP contribution in [0.15, 0.2) is 24.3 Å². The number of hydrogen-bond donors (Lipinski definition) is 1. The number of cyclic esters (lactones) is 1. The molecule has 5 nitrogen and oxygen atoms in total. The molecule has 96 valence electrons. The van der Waals surface area contributed by atoms with Gasteiger partial charge in [-0.25, -0.2) is 0 Å². The van der Waals surface area contributed by atoms with Crippen molar-refractivity contribution in [1.82, 2.24) is 0 Å². The van der Waals surface area contributed by atoms with Gasteiger partial charge in [0.15, 0.2) is 0 Å². The van der Waals surface area contributed by atoms with E-state index in [9.17, 15) is 9.59 Å². The van der Waals surface area contributed by atoms with E-state index in [1.54, 1.807) is 24.3 Å². The third-order valence-corrected chi connectivity index (χ3v) is 2.85. The quantitative estimate of drug-likeness (QED) is 0.824. The van der Waals surface area contributed by atoms with E-state index < -0.39 is 24.0 Å². The SMILES string of the molecule is CCOc1ccc([C@H]2OC(=O)C[C@H]2C(=O)O)cc1. The summed E-state index contributed by atoms with van der Waals surface area (Å²) in [5.74, 6) is -1.59. The number of carboxylic acid groups (broad SMARTS) is 1. The zero-order chi connectivity index (χ0) is 13.1. The molecule has 1 aliphatic rings. The van der Waals surface area contributed by atoms with Gasteiger partial charge >= 0.3 is 11.9 Å². The molecule has 0 saturated carbocycles. The molecule has 1 aliphatic heterocycles. The molecule has 2 atom stereocenters. The van der Waals surface area contributed by atoms with Crippen LogP contribution in [0.5, 0.6) is 5.75 Å². The fraction of sp³-hybridized carbons (Fsp3) is 0.385. The lowest BCUT2D eigenvalue weighted by Crippen LogP contribution is -2.17. The van der Waals surface area contributed by atoms with Crippen molar-refractivity contribution in [1.29, 1.82) is 0 Å². The van der Waals surface area contributed by atoms with Crippen LogP contribution in [0.1, 0.15) is 25.0 Å². The van der Waals surface area contributed by atoms with Crippen molar-refractivity contribution in [3.05, 3.63) is 29.8 Å². The maximum Gasteiger partial charge on any atom is 0.311 e. The predicted molar refractivity (Wildman–Crippen MR) is 62.2 cm³/mol. The van der Waals surface area contributed by atoms with Crippen LogP contribution in [0.4, 0.5) is 0 Å². The third-order valence-electron chi connectivity index (χ3n) is 2.85. The minimum atomic E-state index is -1.01. The van der Waals surface area contributed by atoms with Crippen LogP contribution in [0, 0.1) is 5.92 Å². The minimum absolute atomic E-state index is 0.0762. The number of benzene rings is 1. The summed E-state index contributed by atoms with van der Waals surface area (Å²) in [4.78, 5) is 22.2. The van der Waals surface area contributed by atoms with Crippen molar-refractivity contribution >= 4 is 11.9 Å². The lowest BCUT2D eigenvalue weighted by molar-refractivity contribution is -0.144. The highest BCUT2D eigenvalue weighted by atomic mass is 16.6. The van der Waals surface area contributed by atoms with Gasteiger partial charge in [0, 0.05) is 0 Å².